The molecule has 2 N–H and O–H groups in total. The third kappa shape index (κ3) is 4.15. The minimum atomic E-state index is -0.347. The number of nitrogens with zero attached hydrogens (tertiary/aromatic N) is 1. The van der Waals surface area contributed by atoms with Crippen molar-refractivity contribution in [2.75, 3.05) is 7.11 Å². The van der Waals surface area contributed by atoms with E-state index in [1.807, 2.05) is 0 Å². The van der Waals surface area contributed by atoms with E-state index in [9.17, 15) is 4.79 Å². The fourth-order valence-electron chi connectivity index (χ4n) is 2.29. The molecule has 0 unspecified atom stereocenters. The summed E-state index contributed by atoms with van der Waals surface area (Å²) in [6, 6.07) is 10.6. The number of hydrogen-bond donors (Lipinski definition) is 1. The molecule has 0 atom stereocenters. The summed E-state index contributed by atoms with van der Waals surface area (Å²) in [5, 5.41) is 1.31. The number of nitrogens with two attached hydrogens (primary N) is 1. The van der Waals surface area contributed by atoms with Crippen LogP contribution in [-0.2, 0) is 11.4 Å². The van der Waals surface area contributed by atoms with Crippen LogP contribution in [0.2, 0.25) is 10.0 Å². The van der Waals surface area contributed by atoms with Gasteiger partial charge >= 0.3 is 0 Å². The Labute approximate surface area is 164 Å². The molecule has 134 valence electrons. The van der Waals surface area contributed by atoms with Gasteiger partial charge in [0.05, 0.1) is 12.0 Å². The second kappa shape index (κ2) is 8.03. The molecule has 1 amide bonds. The second-order valence-corrected chi connectivity index (χ2v) is 7.14. The summed E-state index contributed by atoms with van der Waals surface area (Å²) in [6.45, 7) is 0.202. The Morgan fingerprint density at radius 2 is 1.92 bits per heavy atom. The molecule has 5 nitrogen and oxygen atoms in total. The Bertz CT molecular complexity index is 908. The number of aliphatic imine (C=N–C) groups is 1. The summed E-state index contributed by atoms with van der Waals surface area (Å²) < 4.78 is 11.2. The van der Waals surface area contributed by atoms with Crippen LogP contribution in [0.1, 0.15) is 11.1 Å². The van der Waals surface area contributed by atoms with E-state index >= 15 is 0 Å². The lowest BCUT2D eigenvalue weighted by atomic mass is 10.2. The summed E-state index contributed by atoms with van der Waals surface area (Å²) >= 11 is 13.4. The van der Waals surface area contributed by atoms with Crippen LogP contribution in [0.25, 0.3) is 6.08 Å². The van der Waals surface area contributed by atoms with E-state index in [0.29, 0.717) is 32.0 Å². The van der Waals surface area contributed by atoms with Gasteiger partial charge in [-0.25, -0.2) is 0 Å². The summed E-state index contributed by atoms with van der Waals surface area (Å²) in [5.74, 6) is 0.707. The number of amidine groups is 1. The molecule has 26 heavy (non-hydrogen) atoms. The van der Waals surface area contributed by atoms with Crippen molar-refractivity contribution >= 4 is 52.1 Å². The highest BCUT2D eigenvalue weighted by Gasteiger charge is 2.19. The average molecular weight is 409 g/mol. The van der Waals surface area contributed by atoms with Crippen LogP contribution in [-0.4, -0.2) is 18.2 Å². The molecule has 1 heterocycles. The first-order chi connectivity index (χ1) is 12.5. The molecular formula is C18H14Cl2N2O3S. The molecular weight excluding hydrogens is 395 g/mol. The molecule has 8 heteroatoms. The molecule has 0 spiro atoms. The molecule has 3 rings (SSSR count). The van der Waals surface area contributed by atoms with Gasteiger partial charge in [0.2, 0.25) is 0 Å². The van der Waals surface area contributed by atoms with Crippen LogP contribution >= 0.6 is 35.0 Å². The quantitative estimate of drug-likeness (QED) is 0.736. The lowest BCUT2D eigenvalue weighted by Crippen LogP contribution is -2.01. The molecule has 0 saturated heterocycles. The number of thioether (sulfide) groups is 1. The first-order valence-electron chi connectivity index (χ1n) is 7.49. The minimum absolute atomic E-state index is 0.202. The van der Waals surface area contributed by atoms with Crippen LogP contribution in [0.4, 0.5) is 0 Å². The average Bonchev–Trinajstić information content (AvgIpc) is 2.92. The third-order valence-electron chi connectivity index (χ3n) is 3.56. The smallest absolute Gasteiger partial charge is 0.286 e. The van der Waals surface area contributed by atoms with Crippen LogP contribution < -0.4 is 15.2 Å². The zero-order valence-corrected chi connectivity index (χ0v) is 16.0. The molecule has 0 bridgehead atoms. The molecule has 2 aromatic carbocycles. The van der Waals surface area contributed by atoms with Crippen molar-refractivity contribution in [3.05, 3.63) is 62.5 Å². The topological polar surface area (TPSA) is 73.9 Å². The highest BCUT2D eigenvalue weighted by Crippen LogP contribution is 2.33. The van der Waals surface area contributed by atoms with Crippen molar-refractivity contribution < 1.29 is 14.3 Å². The van der Waals surface area contributed by atoms with Crippen molar-refractivity contribution in [2.24, 2.45) is 10.7 Å². The Morgan fingerprint density at radius 1 is 1.19 bits per heavy atom. The molecule has 0 fully saturated rings. The molecule has 2 aromatic rings. The Kier molecular flexibility index (Phi) is 5.76. The predicted octanol–water partition coefficient (Wildman–Crippen LogP) is 4.51. The fourth-order valence-corrected chi connectivity index (χ4v) is 3.48. The number of ether oxygens (including phenoxy) is 2. The van der Waals surface area contributed by atoms with E-state index in [1.165, 1.54) is 7.11 Å². The van der Waals surface area contributed by atoms with E-state index in [0.717, 1.165) is 17.3 Å². The van der Waals surface area contributed by atoms with Crippen molar-refractivity contribution in [3.63, 3.8) is 0 Å². The molecule has 0 aliphatic carbocycles. The van der Waals surface area contributed by atoms with Gasteiger partial charge in [-0.1, -0.05) is 35.3 Å². The van der Waals surface area contributed by atoms with Crippen LogP contribution in [0, 0.1) is 0 Å². The maximum absolute atomic E-state index is 11.7. The van der Waals surface area contributed by atoms with Crippen molar-refractivity contribution in [3.8, 4) is 11.5 Å². The maximum Gasteiger partial charge on any atom is 0.286 e. The first kappa shape index (κ1) is 18.6. The number of amides is 1. The van der Waals surface area contributed by atoms with Crippen molar-refractivity contribution in [2.45, 2.75) is 6.61 Å². The van der Waals surface area contributed by atoms with Crippen molar-refractivity contribution in [1.82, 2.24) is 0 Å². The number of carbonyl (C=O) groups is 1. The Hall–Kier alpha value is -2.15. The maximum atomic E-state index is 11.7. The number of carbonyl (C=O) groups excluding carboxylic acids is 1. The summed E-state index contributed by atoms with van der Waals surface area (Å²) in [4.78, 5) is 15.8. The zero-order valence-electron chi connectivity index (χ0n) is 13.7. The number of benzene rings is 2. The second-order valence-electron chi connectivity index (χ2n) is 5.27. The lowest BCUT2D eigenvalue weighted by molar-refractivity contribution is -0.113. The fraction of sp³-hybridized carbons (Fsp3) is 0.111. The van der Waals surface area contributed by atoms with Crippen LogP contribution in [0.3, 0.4) is 0 Å². The minimum Gasteiger partial charge on any atom is -0.493 e. The number of hydrogen-bond acceptors (Lipinski definition) is 5. The molecule has 0 aromatic heterocycles. The van der Waals surface area contributed by atoms with E-state index < -0.39 is 0 Å². The van der Waals surface area contributed by atoms with Crippen molar-refractivity contribution in [1.29, 1.82) is 0 Å². The van der Waals surface area contributed by atoms with Gasteiger partial charge in [-0.15, -0.1) is 0 Å². The standard InChI is InChI=1S/C18H14Cl2N2O3S/c1-24-15-7-10(8-16-17(23)22-18(21)26-16)5-6-14(15)25-9-11-12(19)3-2-4-13(11)20/h2-8H,9H2,1H3,(H2,21,22,23)/b16-8+. The normalized spacial score (nSPS) is 15.3. The Balaban J connectivity index is 1.79. The van der Waals surface area contributed by atoms with Gasteiger partial charge in [0.1, 0.15) is 6.61 Å². The monoisotopic (exact) mass is 408 g/mol. The summed E-state index contributed by atoms with van der Waals surface area (Å²) in [6.07, 6.45) is 1.70. The molecule has 0 saturated carbocycles. The summed E-state index contributed by atoms with van der Waals surface area (Å²) in [5.41, 5.74) is 7.02. The third-order valence-corrected chi connectivity index (χ3v) is 5.08. The van der Waals surface area contributed by atoms with Gasteiger partial charge in [0, 0.05) is 15.6 Å². The first-order valence-corrected chi connectivity index (χ1v) is 9.07. The van der Waals surface area contributed by atoms with Crippen LogP contribution in [0.5, 0.6) is 11.5 Å². The van der Waals surface area contributed by atoms with E-state index in [4.69, 9.17) is 38.4 Å². The van der Waals surface area contributed by atoms with Gasteiger partial charge in [0.25, 0.3) is 5.91 Å². The Morgan fingerprint density at radius 3 is 2.54 bits per heavy atom. The number of methoxy groups -OCH3 is 1. The van der Waals surface area contributed by atoms with E-state index in [-0.39, 0.29) is 17.7 Å². The van der Waals surface area contributed by atoms with Gasteiger partial charge in [-0.2, -0.15) is 4.99 Å². The van der Waals surface area contributed by atoms with Crippen LogP contribution in [0.15, 0.2) is 46.3 Å². The lowest BCUT2D eigenvalue weighted by Gasteiger charge is -2.13. The number of rotatable bonds is 5. The van der Waals surface area contributed by atoms with Gasteiger partial charge in [-0.05, 0) is 47.7 Å². The molecule has 0 radical (unpaired) electrons. The van der Waals surface area contributed by atoms with Gasteiger partial charge in [0.15, 0.2) is 16.7 Å². The highest BCUT2D eigenvalue weighted by molar-refractivity contribution is 8.18. The predicted molar refractivity (Wildman–Crippen MR) is 106 cm³/mol. The number of halogens is 2. The molecule has 1 aliphatic heterocycles. The van der Waals surface area contributed by atoms with E-state index in [2.05, 4.69) is 4.99 Å². The zero-order chi connectivity index (χ0) is 18.7. The SMILES string of the molecule is COc1cc(/C=C2/SC(N)=NC2=O)ccc1OCc1c(Cl)cccc1Cl. The van der Waals surface area contributed by atoms with Gasteiger partial charge < -0.3 is 15.2 Å². The molecule has 1 aliphatic rings. The largest absolute Gasteiger partial charge is 0.493 e. The highest BCUT2D eigenvalue weighted by atomic mass is 35.5. The van der Waals surface area contributed by atoms with Gasteiger partial charge in [-0.3, -0.25) is 4.79 Å². The summed E-state index contributed by atoms with van der Waals surface area (Å²) in [7, 11) is 1.54. The van der Waals surface area contributed by atoms with E-state index in [1.54, 1.807) is 42.5 Å².